The van der Waals surface area contributed by atoms with Gasteiger partial charge in [0.15, 0.2) is 0 Å². The van der Waals surface area contributed by atoms with Crippen molar-refractivity contribution < 1.29 is 23.2 Å². The van der Waals surface area contributed by atoms with E-state index in [1.807, 2.05) is 4.90 Å². The number of hydrogen-bond acceptors (Lipinski definition) is 4. The highest BCUT2D eigenvalue weighted by atomic mass is 19.1. The molecular formula is C22H17F2N3O3. The van der Waals surface area contributed by atoms with Crippen LogP contribution in [0.15, 0.2) is 42.5 Å². The molecule has 6 rings (SSSR count). The van der Waals surface area contributed by atoms with Crippen molar-refractivity contribution in [3.63, 3.8) is 0 Å². The third kappa shape index (κ3) is 1.92. The zero-order valence-corrected chi connectivity index (χ0v) is 15.8. The van der Waals surface area contributed by atoms with Crippen LogP contribution in [0.4, 0.5) is 20.2 Å². The molecular weight excluding hydrogens is 392 g/mol. The van der Waals surface area contributed by atoms with Gasteiger partial charge in [-0.3, -0.25) is 19.3 Å². The van der Waals surface area contributed by atoms with Gasteiger partial charge in [-0.15, -0.1) is 0 Å². The summed E-state index contributed by atoms with van der Waals surface area (Å²) in [5, 5.41) is 2.80. The van der Waals surface area contributed by atoms with Crippen molar-refractivity contribution in [3.05, 3.63) is 59.7 Å². The SMILES string of the molecule is O=C1[C@@H]2[C@@H](C(=O)N1c1ccc(F)cc1)[C@]1(C(=O)Nc3ccc(F)cc31)N1CCC[C@@H]21. The normalized spacial score (nSPS) is 32.0. The Morgan fingerprint density at radius 3 is 2.47 bits per heavy atom. The summed E-state index contributed by atoms with van der Waals surface area (Å²) in [5.74, 6) is -3.92. The van der Waals surface area contributed by atoms with E-state index in [9.17, 15) is 23.2 Å². The van der Waals surface area contributed by atoms with Crippen LogP contribution in [-0.2, 0) is 19.9 Å². The van der Waals surface area contributed by atoms with E-state index >= 15 is 0 Å². The number of rotatable bonds is 1. The first-order valence-corrected chi connectivity index (χ1v) is 9.96. The molecule has 0 bridgehead atoms. The monoisotopic (exact) mass is 409 g/mol. The molecule has 4 aliphatic heterocycles. The van der Waals surface area contributed by atoms with Gasteiger partial charge in [0.2, 0.25) is 17.7 Å². The van der Waals surface area contributed by atoms with Gasteiger partial charge in [0.25, 0.3) is 0 Å². The van der Waals surface area contributed by atoms with E-state index in [-0.39, 0.29) is 17.6 Å². The van der Waals surface area contributed by atoms with Crippen LogP contribution in [0.25, 0.3) is 0 Å². The van der Waals surface area contributed by atoms with E-state index in [1.165, 1.54) is 42.5 Å². The van der Waals surface area contributed by atoms with Gasteiger partial charge in [0, 0.05) is 17.3 Å². The van der Waals surface area contributed by atoms with Crippen molar-refractivity contribution in [3.8, 4) is 0 Å². The molecule has 0 radical (unpaired) electrons. The molecule has 3 fully saturated rings. The molecule has 4 heterocycles. The summed E-state index contributed by atoms with van der Waals surface area (Å²) in [6, 6.07) is 8.91. The van der Waals surface area contributed by atoms with E-state index in [0.29, 0.717) is 24.2 Å². The Morgan fingerprint density at radius 1 is 0.967 bits per heavy atom. The first-order chi connectivity index (χ1) is 14.4. The summed E-state index contributed by atoms with van der Waals surface area (Å²) in [6.07, 6.45) is 1.46. The van der Waals surface area contributed by atoms with Crippen LogP contribution in [0, 0.1) is 23.5 Å². The third-order valence-corrected chi connectivity index (χ3v) is 7.04. The average Bonchev–Trinajstić information content (AvgIpc) is 3.42. The van der Waals surface area contributed by atoms with Crippen LogP contribution in [0.5, 0.6) is 0 Å². The fraction of sp³-hybridized carbons (Fsp3) is 0.318. The number of nitrogens with zero attached hydrogens (tertiary/aromatic N) is 2. The van der Waals surface area contributed by atoms with Crippen LogP contribution >= 0.6 is 0 Å². The van der Waals surface area contributed by atoms with Gasteiger partial charge in [-0.2, -0.15) is 0 Å². The minimum Gasteiger partial charge on any atom is -0.324 e. The van der Waals surface area contributed by atoms with Crippen molar-refractivity contribution in [2.75, 3.05) is 16.8 Å². The fourth-order valence-electron chi connectivity index (χ4n) is 6.02. The molecule has 4 aliphatic rings. The van der Waals surface area contributed by atoms with E-state index in [2.05, 4.69) is 5.32 Å². The second-order valence-corrected chi connectivity index (χ2v) is 8.31. The summed E-state index contributed by atoms with van der Waals surface area (Å²) >= 11 is 0. The summed E-state index contributed by atoms with van der Waals surface area (Å²) in [6.45, 7) is 0.554. The zero-order chi connectivity index (χ0) is 20.8. The van der Waals surface area contributed by atoms with Gasteiger partial charge in [-0.05, 0) is 61.9 Å². The molecule has 0 saturated carbocycles. The van der Waals surface area contributed by atoms with Crippen molar-refractivity contribution in [2.24, 2.45) is 11.8 Å². The Balaban J connectivity index is 1.56. The first kappa shape index (κ1) is 17.7. The highest BCUT2D eigenvalue weighted by Gasteiger charge is 2.74. The van der Waals surface area contributed by atoms with E-state index < -0.39 is 40.8 Å². The van der Waals surface area contributed by atoms with Gasteiger partial charge in [-0.25, -0.2) is 13.7 Å². The highest BCUT2D eigenvalue weighted by Crippen LogP contribution is 2.60. The van der Waals surface area contributed by atoms with E-state index in [1.54, 1.807) is 0 Å². The number of nitrogens with one attached hydrogen (secondary N) is 1. The molecule has 0 aromatic heterocycles. The largest absolute Gasteiger partial charge is 0.324 e. The number of carbonyl (C=O) groups excluding carboxylic acids is 3. The molecule has 1 N–H and O–H groups in total. The molecule has 2 aromatic carbocycles. The highest BCUT2D eigenvalue weighted by molar-refractivity contribution is 6.25. The number of benzene rings is 2. The van der Waals surface area contributed by atoms with Crippen molar-refractivity contribution in [2.45, 2.75) is 24.4 Å². The summed E-state index contributed by atoms with van der Waals surface area (Å²) < 4.78 is 27.6. The van der Waals surface area contributed by atoms with Crippen LogP contribution < -0.4 is 10.2 Å². The summed E-state index contributed by atoms with van der Waals surface area (Å²) in [7, 11) is 0. The quantitative estimate of drug-likeness (QED) is 0.735. The molecule has 6 nitrogen and oxygen atoms in total. The standard InChI is InChI=1S/C22H17F2N3O3/c23-11-3-6-13(7-4-11)27-19(28)17-16-2-1-9-26(16)22(18(17)20(27)29)14-10-12(24)5-8-15(14)25-21(22)30/h3-8,10,16-18H,1-2,9H2,(H,25,30)/t16-,17-,18-,22+/m0/s1. The Morgan fingerprint density at radius 2 is 1.70 bits per heavy atom. The van der Waals surface area contributed by atoms with Gasteiger partial charge >= 0.3 is 0 Å². The minimum absolute atomic E-state index is 0.276. The molecule has 3 saturated heterocycles. The van der Waals surface area contributed by atoms with E-state index in [0.717, 1.165) is 11.3 Å². The molecule has 1 spiro atoms. The number of fused-ring (bicyclic) bond motifs is 7. The predicted octanol–water partition coefficient (Wildman–Crippen LogP) is 2.40. The summed E-state index contributed by atoms with van der Waals surface area (Å²) in [5.41, 5.74) is -0.259. The van der Waals surface area contributed by atoms with Crippen LogP contribution in [0.2, 0.25) is 0 Å². The van der Waals surface area contributed by atoms with Crippen LogP contribution in [0.1, 0.15) is 18.4 Å². The lowest BCUT2D eigenvalue weighted by Gasteiger charge is -2.36. The zero-order valence-electron chi connectivity index (χ0n) is 15.8. The van der Waals surface area contributed by atoms with E-state index in [4.69, 9.17) is 0 Å². The van der Waals surface area contributed by atoms with Gasteiger partial charge < -0.3 is 5.32 Å². The van der Waals surface area contributed by atoms with Gasteiger partial charge in [-0.1, -0.05) is 0 Å². The molecule has 30 heavy (non-hydrogen) atoms. The van der Waals surface area contributed by atoms with Crippen molar-refractivity contribution in [1.82, 2.24) is 4.90 Å². The molecule has 0 unspecified atom stereocenters. The second kappa shape index (κ2) is 5.72. The molecule has 0 aliphatic carbocycles. The lowest BCUT2D eigenvalue weighted by molar-refractivity contribution is -0.135. The number of anilines is 2. The maximum absolute atomic E-state index is 14.2. The van der Waals surface area contributed by atoms with Crippen LogP contribution in [-0.4, -0.2) is 35.2 Å². The summed E-state index contributed by atoms with van der Waals surface area (Å²) in [4.78, 5) is 43.4. The van der Waals surface area contributed by atoms with Gasteiger partial charge in [0.05, 0.1) is 17.5 Å². The Kier molecular flexibility index (Phi) is 3.38. The third-order valence-electron chi connectivity index (χ3n) is 7.04. The first-order valence-electron chi connectivity index (χ1n) is 9.96. The van der Waals surface area contributed by atoms with Crippen molar-refractivity contribution in [1.29, 1.82) is 0 Å². The number of hydrogen-bond donors (Lipinski definition) is 1. The minimum atomic E-state index is -1.41. The topological polar surface area (TPSA) is 69.7 Å². The molecule has 2 aromatic rings. The lowest BCUT2D eigenvalue weighted by Crippen LogP contribution is -2.54. The smallest absolute Gasteiger partial charge is 0.250 e. The number of imide groups is 1. The van der Waals surface area contributed by atoms with Gasteiger partial charge in [0.1, 0.15) is 17.2 Å². The second-order valence-electron chi connectivity index (χ2n) is 8.31. The number of carbonyl (C=O) groups is 3. The Labute approximate surface area is 170 Å². The molecule has 8 heteroatoms. The molecule has 4 atom stereocenters. The Bertz CT molecular complexity index is 1130. The maximum atomic E-state index is 14.2. The van der Waals surface area contributed by atoms with Crippen LogP contribution in [0.3, 0.4) is 0 Å². The molecule has 152 valence electrons. The number of halogens is 2. The van der Waals surface area contributed by atoms with Crippen molar-refractivity contribution >= 4 is 29.1 Å². The maximum Gasteiger partial charge on any atom is 0.250 e. The average molecular weight is 409 g/mol. The fourth-order valence-corrected chi connectivity index (χ4v) is 6.02. The predicted molar refractivity (Wildman–Crippen MR) is 102 cm³/mol. The lowest BCUT2D eigenvalue weighted by atomic mass is 9.75. The molecule has 3 amide bonds. The number of amides is 3. The Hall–Kier alpha value is -3.13.